The molecule has 1 saturated carbocycles. The summed E-state index contributed by atoms with van der Waals surface area (Å²) in [5.41, 5.74) is 3.11. The Kier molecular flexibility index (Phi) is 6.40. The fraction of sp³-hybridized carbons (Fsp3) is 0.500. The van der Waals surface area contributed by atoms with Crippen LogP contribution in [-0.2, 0) is 10.0 Å². The number of benzene rings is 1. The third-order valence-corrected chi connectivity index (χ3v) is 7.66. The van der Waals surface area contributed by atoms with Gasteiger partial charge < -0.3 is 5.32 Å². The largest absolute Gasteiger partial charge is 0.384 e. The van der Waals surface area contributed by atoms with Gasteiger partial charge in [-0.25, -0.2) is 13.1 Å². The van der Waals surface area contributed by atoms with E-state index < -0.39 is 14.8 Å². The second-order valence-corrected chi connectivity index (χ2v) is 11.1. The van der Waals surface area contributed by atoms with Gasteiger partial charge in [-0.05, 0) is 64.5 Å². The molecule has 1 aromatic carbocycles. The Morgan fingerprint density at radius 2 is 1.68 bits per heavy atom. The highest BCUT2D eigenvalue weighted by molar-refractivity contribution is 7.90. The van der Waals surface area contributed by atoms with Crippen molar-refractivity contribution in [1.29, 1.82) is 0 Å². The van der Waals surface area contributed by atoms with Crippen molar-refractivity contribution >= 4 is 15.7 Å². The van der Waals surface area contributed by atoms with Crippen molar-refractivity contribution in [3.05, 3.63) is 48.7 Å². The summed E-state index contributed by atoms with van der Waals surface area (Å²) in [5.74, 6) is 0.559. The van der Waals surface area contributed by atoms with Crippen LogP contribution < -0.4 is 10.0 Å². The quantitative estimate of drug-likeness (QED) is 0.751. The zero-order valence-corrected chi connectivity index (χ0v) is 17.8. The van der Waals surface area contributed by atoms with Gasteiger partial charge in [-0.2, -0.15) is 0 Å². The molecule has 1 aliphatic carbocycles. The Morgan fingerprint density at radius 3 is 2.25 bits per heavy atom. The van der Waals surface area contributed by atoms with Gasteiger partial charge in [0, 0.05) is 18.2 Å². The minimum absolute atomic E-state index is 0.0623. The highest BCUT2D eigenvalue weighted by atomic mass is 32.2. The Morgan fingerprint density at radius 1 is 1.00 bits per heavy atom. The number of rotatable bonds is 6. The van der Waals surface area contributed by atoms with E-state index in [2.05, 4.69) is 33.2 Å². The zero-order valence-electron chi connectivity index (χ0n) is 17.0. The second kappa shape index (κ2) is 8.62. The van der Waals surface area contributed by atoms with Crippen LogP contribution in [0.3, 0.4) is 0 Å². The van der Waals surface area contributed by atoms with Crippen LogP contribution in [0.4, 0.5) is 5.69 Å². The number of pyridine rings is 1. The molecule has 3 rings (SSSR count). The molecule has 0 amide bonds. The molecule has 2 aromatic rings. The molecule has 1 heterocycles. The Hall–Kier alpha value is -1.92. The summed E-state index contributed by atoms with van der Waals surface area (Å²) in [4.78, 5) is 4.55. The van der Waals surface area contributed by atoms with Crippen LogP contribution in [0.15, 0.2) is 48.7 Å². The predicted octanol–water partition coefficient (Wildman–Crippen LogP) is 4.44. The number of nitrogens with one attached hydrogen (secondary N) is 2. The first-order chi connectivity index (χ1) is 13.2. The topological polar surface area (TPSA) is 71.1 Å². The molecule has 0 aliphatic heterocycles. The van der Waals surface area contributed by atoms with Crippen molar-refractivity contribution in [2.24, 2.45) is 5.92 Å². The number of hydrogen-bond donors (Lipinski definition) is 2. The lowest BCUT2D eigenvalue weighted by Gasteiger charge is -2.31. The van der Waals surface area contributed by atoms with E-state index in [1.54, 1.807) is 20.8 Å². The van der Waals surface area contributed by atoms with Crippen LogP contribution in [0.5, 0.6) is 0 Å². The molecule has 6 heteroatoms. The van der Waals surface area contributed by atoms with Gasteiger partial charge in [-0.1, -0.05) is 30.3 Å². The Labute approximate surface area is 169 Å². The van der Waals surface area contributed by atoms with Crippen molar-refractivity contribution in [3.8, 4) is 11.3 Å². The highest BCUT2D eigenvalue weighted by Crippen LogP contribution is 2.27. The van der Waals surface area contributed by atoms with Crippen molar-refractivity contribution < 1.29 is 8.42 Å². The van der Waals surface area contributed by atoms with Crippen molar-refractivity contribution in [2.45, 2.75) is 57.2 Å². The maximum atomic E-state index is 12.3. The SMILES string of the molecule is CC(C)(C)S(=O)(=O)N[C@H]1CC[C@H](CNc2ccc(-c3ccccc3)nc2)CC1. The minimum atomic E-state index is -3.27. The number of nitrogens with zero attached hydrogens (tertiary/aromatic N) is 1. The predicted molar refractivity (Wildman–Crippen MR) is 116 cm³/mol. The molecule has 5 nitrogen and oxygen atoms in total. The highest BCUT2D eigenvalue weighted by Gasteiger charge is 2.32. The summed E-state index contributed by atoms with van der Waals surface area (Å²) >= 11 is 0. The molecule has 1 fully saturated rings. The summed E-state index contributed by atoms with van der Waals surface area (Å²) < 4.78 is 26.8. The van der Waals surface area contributed by atoms with Crippen LogP contribution >= 0.6 is 0 Å². The van der Waals surface area contributed by atoms with E-state index in [-0.39, 0.29) is 6.04 Å². The van der Waals surface area contributed by atoms with Crippen LogP contribution in [0.25, 0.3) is 11.3 Å². The van der Waals surface area contributed by atoms with Gasteiger partial charge in [0.05, 0.1) is 22.3 Å². The first kappa shape index (κ1) is 20.8. The molecule has 0 atom stereocenters. The van der Waals surface area contributed by atoms with Crippen molar-refractivity contribution in [1.82, 2.24) is 9.71 Å². The van der Waals surface area contributed by atoms with Gasteiger partial charge >= 0.3 is 0 Å². The van der Waals surface area contributed by atoms with E-state index in [0.29, 0.717) is 5.92 Å². The summed E-state index contributed by atoms with van der Waals surface area (Å²) in [6.45, 7) is 6.11. The normalized spacial score (nSPS) is 20.7. The third kappa shape index (κ3) is 5.32. The smallest absolute Gasteiger partial charge is 0.216 e. The molecular formula is C22H31N3O2S. The molecule has 0 bridgehead atoms. The molecule has 28 heavy (non-hydrogen) atoms. The molecule has 152 valence electrons. The molecule has 0 saturated heterocycles. The van der Waals surface area contributed by atoms with E-state index in [9.17, 15) is 8.42 Å². The van der Waals surface area contributed by atoms with Crippen molar-refractivity contribution in [3.63, 3.8) is 0 Å². The van der Waals surface area contributed by atoms with E-state index in [1.165, 1.54) is 0 Å². The fourth-order valence-corrected chi connectivity index (χ4v) is 4.45. The lowest BCUT2D eigenvalue weighted by molar-refractivity contribution is 0.322. The summed E-state index contributed by atoms with van der Waals surface area (Å²) in [5, 5.41) is 3.48. The minimum Gasteiger partial charge on any atom is -0.384 e. The second-order valence-electron chi connectivity index (χ2n) is 8.63. The summed E-state index contributed by atoms with van der Waals surface area (Å²) in [6, 6.07) is 14.3. The van der Waals surface area contributed by atoms with E-state index >= 15 is 0 Å². The molecule has 0 radical (unpaired) electrons. The van der Waals surface area contributed by atoms with Crippen LogP contribution in [0.1, 0.15) is 46.5 Å². The van der Waals surface area contributed by atoms with E-state index in [4.69, 9.17) is 0 Å². The number of aromatic nitrogens is 1. The van der Waals surface area contributed by atoms with E-state index in [1.807, 2.05) is 30.5 Å². The van der Waals surface area contributed by atoms with Crippen molar-refractivity contribution in [2.75, 3.05) is 11.9 Å². The molecule has 1 aliphatic rings. The lowest BCUT2D eigenvalue weighted by atomic mass is 9.86. The molecule has 0 spiro atoms. The average molecular weight is 402 g/mol. The third-order valence-electron chi connectivity index (χ3n) is 5.40. The molecular weight excluding hydrogens is 370 g/mol. The number of hydrogen-bond acceptors (Lipinski definition) is 4. The first-order valence-corrected chi connectivity index (χ1v) is 11.5. The standard InChI is InChI=1S/C22H31N3O2S/c1-22(2,3)28(26,27)25-19-11-9-17(10-12-19)15-23-20-13-14-21(24-16-20)18-7-5-4-6-8-18/h4-8,13-14,16-17,19,23,25H,9-12,15H2,1-3H3/t17-,19-. The molecule has 1 aromatic heterocycles. The van der Waals surface area contributed by atoms with Gasteiger partial charge in [0.2, 0.25) is 10.0 Å². The van der Waals surface area contributed by atoms with Gasteiger partial charge in [0.15, 0.2) is 0 Å². The summed E-state index contributed by atoms with van der Waals surface area (Å²) in [6.07, 6.45) is 5.73. The fourth-order valence-electron chi connectivity index (χ4n) is 3.42. The first-order valence-electron chi connectivity index (χ1n) is 10.0. The van der Waals surface area contributed by atoms with Gasteiger partial charge in [0.1, 0.15) is 0 Å². The maximum absolute atomic E-state index is 12.3. The van der Waals surface area contributed by atoms with Crippen LogP contribution in [0.2, 0.25) is 0 Å². The Balaban J connectivity index is 1.46. The monoisotopic (exact) mass is 401 g/mol. The molecule has 2 N–H and O–H groups in total. The van der Waals surface area contributed by atoms with Crippen LogP contribution in [0, 0.1) is 5.92 Å². The van der Waals surface area contributed by atoms with Gasteiger partial charge in [-0.3, -0.25) is 4.98 Å². The number of sulfonamides is 1. The molecule has 0 unspecified atom stereocenters. The lowest BCUT2D eigenvalue weighted by Crippen LogP contribution is -2.46. The Bertz CT molecular complexity index is 851. The number of anilines is 1. The van der Waals surface area contributed by atoms with Gasteiger partial charge in [0.25, 0.3) is 0 Å². The van der Waals surface area contributed by atoms with Gasteiger partial charge in [-0.15, -0.1) is 0 Å². The average Bonchev–Trinajstić information content (AvgIpc) is 2.67. The zero-order chi connectivity index (χ0) is 20.2. The van der Waals surface area contributed by atoms with E-state index in [0.717, 1.165) is 49.2 Å². The maximum Gasteiger partial charge on any atom is 0.216 e. The summed E-state index contributed by atoms with van der Waals surface area (Å²) in [7, 11) is -3.27. The van der Waals surface area contributed by atoms with Crippen LogP contribution in [-0.4, -0.2) is 30.7 Å².